The van der Waals surface area contributed by atoms with Crippen LogP contribution in [-0.2, 0) is 26.2 Å². The van der Waals surface area contributed by atoms with Gasteiger partial charge in [-0.1, -0.05) is 37.1 Å². The molecule has 78 valence electrons. The van der Waals surface area contributed by atoms with Crippen LogP contribution in [0.25, 0.3) is 0 Å². The molecule has 0 aliphatic heterocycles. The fraction of sp³-hybridized carbons (Fsp3) is 0.556. The maximum Gasteiger partial charge on any atom is 0 e. The van der Waals surface area contributed by atoms with E-state index in [9.17, 15) is 0 Å². The van der Waals surface area contributed by atoms with Crippen LogP contribution in [0.5, 0.6) is 0 Å². The predicted octanol–water partition coefficient (Wildman–Crippen LogP) is -5.93. The number of halogens is 3. The molecule has 1 rings (SSSR count). The van der Waals surface area contributed by atoms with Gasteiger partial charge in [0, 0.05) is 26.2 Å². The van der Waals surface area contributed by atoms with E-state index in [1.807, 2.05) is 0 Å². The Bertz CT molecular complexity index is 144. The molecule has 0 heterocycles. The van der Waals surface area contributed by atoms with Gasteiger partial charge >= 0.3 is 0 Å². The Morgan fingerprint density at radius 3 is 2.23 bits per heavy atom. The summed E-state index contributed by atoms with van der Waals surface area (Å²) in [7, 11) is 0. The second-order valence-electron chi connectivity index (χ2n) is 2.56. The first-order chi connectivity index (χ1) is 4.43. The van der Waals surface area contributed by atoms with Gasteiger partial charge in [-0.2, -0.15) is 0 Å². The summed E-state index contributed by atoms with van der Waals surface area (Å²) in [6.07, 6.45) is 11.8. The molecule has 0 saturated carbocycles. The Morgan fingerprint density at radius 1 is 1.23 bits per heavy atom. The minimum atomic E-state index is 0. The van der Waals surface area contributed by atoms with Gasteiger partial charge in [0.2, 0.25) is 0 Å². The van der Waals surface area contributed by atoms with Crippen molar-refractivity contribution in [1.82, 2.24) is 0 Å². The molecule has 4 heteroatoms. The van der Waals surface area contributed by atoms with Gasteiger partial charge in [0.25, 0.3) is 0 Å². The predicted molar refractivity (Wildman–Crippen MR) is 41.4 cm³/mol. The van der Waals surface area contributed by atoms with Crippen LogP contribution in [0.15, 0.2) is 23.8 Å². The maximum atomic E-state index is 2.25. The fourth-order valence-electron chi connectivity index (χ4n) is 1.08. The molecule has 0 aromatic carbocycles. The van der Waals surface area contributed by atoms with Crippen molar-refractivity contribution in [2.24, 2.45) is 0 Å². The summed E-state index contributed by atoms with van der Waals surface area (Å²) in [6, 6.07) is 0. The van der Waals surface area contributed by atoms with Crippen LogP contribution in [0, 0.1) is 0 Å². The quantitative estimate of drug-likeness (QED) is 0.486. The third-order valence-corrected chi connectivity index (χ3v) is 1.70. The van der Waals surface area contributed by atoms with Gasteiger partial charge in [0.05, 0.1) is 0 Å². The van der Waals surface area contributed by atoms with Crippen molar-refractivity contribution in [1.29, 1.82) is 0 Å². The average molecular weight is 320 g/mol. The monoisotopic (exact) mass is 317 g/mol. The molecule has 0 aromatic heterocycles. The Balaban J connectivity index is -0.000000101. The summed E-state index contributed by atoms with van der Waals surface area (Å²) in [5.74, 6) is 0. The van der Waals surface area contributed by atoms with E-state index in [2.05, 4.69) is 25.2 Å². The van der Waals surface area contributed by atoms with Gasteiger partial charge in [-0.25, -0.2) is 0 Å². The molecule has 0 radical (unpaired) electrons. The summed E-state index contributed by atoms with van der Waals surface area (Å²) in [6.45, 7) is 2.24. The molecule has 0 aromatic rings. The molecule has 0 bridgehead atoms. The van der Waals surface area contributed by atoms with Crippen molar-refractivity contribution in [2.45, 2.75) is 32.6 Å². The molecule has 0 atom stereocenters. The van der Waals surface area contributed by atoms with Crippen molar-refractivity contribution in [3.8, 4) is 0 Å². The van der Waals surface area contributed by atoms with E-state index in [0.717, 1.165) is 0 Å². The molecule has 0 N–H and O–H groups in total. The van der Waals surface area contributed by atoms with Gasteiger partial charge in [-0.15, -0.1) is 0 Å². The summed E-state index contributed by atoms with van der Waals surface area (Å²) in [4.78, 5) is 0. The number of allylic oxidation sites excluding steroid dienone is 4. The average Bonchev–Trinajstić information content (AvgIpc) is 2.34. The number of hydrogen-bond acceptors (Lipinski definition) is 0. The molecule has 0 spiro atoms. The van der Waals surface area contributed by atoms with Gasteiger partial charge in [-0.3, -0.25) is 0 Å². The molecule has 13 heavy (non-hydrogen) atoms. The summed E-state index contributed by atoms with van der Waals surface area (Å²) < 4.78 is 0. The first-order valence-electron chi connectivity index (χ1n) is 3.78. The molecule has 0 amide bonds. The standard InChI is InChI=1S/C9H14.3ClH.Zr/c1-2-3-6-9-7-4-5-8-9;;;;/h4-5,7H,2-3,6,8H2,1H3;3*1H;/p-3. The van der Waals surface area contributed by atoms with Crippen molar-refractivity contribution in [3.63, 3.8) is 0 Å². The van der Waals surface area contributed by atoms with Crippen LogP contribution in [0.1, 0.15) is 32.6 Å². The third kappa shape index (κ3) is 11.2. The van der Waals surface area contributed by atoms with Crippen LogP contribution >= 0.6 is 0 Å². The zero-order valence-electron chi connectivity index (χ0n) is 7.69. The fourth-order valence-corrected chi connectivity index (χ4v) is 1.08. The Labute approximate surface area is 119 Å². The van der Waals surface area contributed by atoms with Gasteiger partial charge < -0.3 is 37.2 Å². The molecular weight excluding hydrogens is 306 g/mol. The van der Waals surface area contributed by atoms with E-state index < -0.39 is 0 Å². The third-order valence-electron chi connectivity index (χ3n) is 1.70. The summed E-state index contributed by atoms with van der Waals surface area (Å²) in [5, 5.41) is 0. The number of unbranched alkanes of at least 4 members (excludes halogenated alkanes) is 1. The number of hydrogen-bond donors (Lipinski definition) is 0. The molecule has 1 aliphatic rings. The van der Waals surface area contributed by atoms with Crippen molar-refractivity contribution in [3.05, 3.63) is 23.8 Å². The van der Waals surface area contributed by atoms with Crippen LogP contribution in [0.4, 0.5) is 0 Å². The van der Waals surface area contributed by atoms with E-state index >= 15 is 0 Å². The minimum absolute atomic E-state index is 0. The normalized spacial score (nSPS) is 11.3. The molecule has 1 aliphatic carbocycles. The Hall–Kier alpha value is 1.23. The van der Waals surface area contributed by atoms with E-state index in [1.165, 1.54) is 25.7 Å². The maximum absolute atomic E-state index is 2.25. The Kier molecular flexibility index (Phi) is 28.7. The minimum Gasteiger partial charge on any atom is -1.00 e. The molecule has 0 nitrogen and oxygen atoms in total. The smallest absolute Gasteiger partial charge is 0 e. The first-order valence-corrected chi connectivity index (χ1v) is 3.78. The molecular formula is C9H14Cl3Zr-3. The largest absolute Gasteiger partial charge is 1.00 e. The van der Waals surface area contributed by atoms with E-state index in [4.69, 9.17) is 0 Å². The second kappa shape index (κ2) is 15.7. The van der Waals surface area contributed by atoms with Crippen LogP contribution in [0.3, 0.4) is 0 Å². The summed E-state index contributed by atoms with van der Waals surface area (Å²) >= 11 is 0. The van der Waals surface area contributed by atoms with Crippen molar-refractivity contribution >= 4 is 0 Å². The second-order valence-corrected chi connectivity index (χ2v) is 2.56. The molecule has 0 unspecified atom stereocenters. The topological polar surface area (TPSA) is 0 Å². The SMILES string of the molecule is CCCCC1=CC=CC1.[Cl-].[Cl-].[Cl-].[Zr]. The van der Waals surface area contributed by atoms with Crippen LogP contribution < -0.4 is 37.2 Å². The zero-order chi connectivity index (χ0) is 6.53. The van der Waals surface area contributed by atoms with Crippen molar-refractivity contribution in [2.75, 3.05) is 0 Å². The van der Waals surface area contributed by atoms with E-state index in [1.54, 1.807) is 5.57 Å². The first kappa shape index (κ1) is 23.8. The van der Waals surface area contributed by atoms with Gasteiger partial charge in [-0.05, 0) is 19.3 Å². The zero-order valence-corrected chi connectivity index (χ0v) is 12.4. The van der Waals surface area contributed by atoms with Crippen LogP contribution in [-0.4, -0.2) is 0 Å². The Morgan fingerprint density at radius 2 is 1.85 bits per heavy atom. The molecule has 0 saturated heterocycles. The van der Waals surface area contributed by atoms with Crippen LogP contribution in [0.2, 0.25) is 0 Å². The van der Waals surface area contributed by atoms with E-state index in [0.29, 0.717) is 0 Å². The summed E-state index contributed by atoms with van der Waals surface area (Å²) in [5.41, 5.74) is 1.61. The van der Waals surface area contributed by atoms with Crippen molar-refractivity contribution < 1.29 is 63.4 Å². The van der Waals surface area contributed by atoms with Gasteiger partial charge in [0.15, 0.2) is 0 Å². The number of rotatable bonds is 3. The van der Waals surface area contributed by atoms with Gasteiger partial charge in [0.1, 0.15) is 0 Å². The van der Waals surface area contributed by atoms with E-state index in [-0.39, 0.29) is 63.4 Å². The molecule has 0 fully saturated rings.